The number of nitrogens with zero attached hydrogens (tertiary/aromatic N) is 15. The van der Waals surface area contributed by atoms with Crippen LogP contribution in [0.2, 0.25) is 0 Å². The zero-order valence-corrected chi connectivity index (χ0v) is 51.9. The maximum absolute atomic E-state index is 9.29. The van der Waals surface area contributed by atoms with Crippen molar-refractivity contribution in [3.8, 4) is 11.4 Å². The average Bonchev–Trinajstić information content (AvgIpc) is 4.45. The van der Waals surface area contributed by atoms with E-state index in [-0.39, 0.29) is 13.2 Å². The number of hydrogen-bond donors (Lipinski definition) is 3. The van der Waals surface area contributed by atoms with Gasteiger partial charge in [0.05, 0.1) is 60.3 Å². The van der Waals surface area contributed by atoms with Crippen molar-refractivity contribution >= 4 is 62.8 Å². The summed E-state index contributed by atoms with van der Waals surface area (Å²) >= 11 is 0. The first kappa shape index (κ1) is 64.2. The van der Waals surface area contributed by atoms with Crippen molar-refractivity contribution in [1.29, 1.82) is 0 Å². The van der Waals surface area contributed by atoms with E-state index in [0.717, 1.165) is 152 Å². The molecular weight excluding hydrogens is 1140 g/mol. The number of aryl methyl sites for hydroxylation is 4. The fourth-order valence-corrected chi connectivity index (χ4v) is 10.3. The summed E-state index contributed by atoms with van der Waals surface area (Å²) in [7, 11) is 0. The van der Waals surface area contributed by atoms with Gasteiger partial charge in [0, 0.05) is 103 Å². The van der Waals surface area contributed by atoms with Crippen LogP contribution < -0.4 is 28.5 Å². The molecule has 3 N–H and O–H groups in total. The molecule has 464 valence electrons. The smallest absolute Gasteiger partial charge is 0.350 e. The molecule has 11 aromatic rings. The average molecular weight is 1230 g/mol. The fourth-order valence-electron chi connectivity index (χ4n) is 10.3. The van der Waals surface area contributed by atoms with E-state index >= 15 is 0 Å². The van der Waals surface area contributed by atoms with E-state index in [2.05, 4.69) is 111 Å². The van der Waals surface area contributed by atoms with Crippen LogP contribution in [-0.4, -0.2) is 45.7 Å². The van der Waals surface area contributed by atoms with Crippen LogP contribution in [0.5, 0.6) is 0 Å². The highest BCUT2D eigenvalue weighted by molar-refractivity contribution is 5.61. The molecule has 0 aliphatic heterocycles. The third-order valence-corrected chi connectivity index (χ3v) is 15.1. The quantitative estimate of drug-likeness (QED) is 0.0222. The number of aromatic nitrogens is 6. The first-order valence-electron chi connectivity index (χ1n) is 31.6. The topological polar surface area (TPSA) is 180 Å². The van der Waals surface area contributed by atoms with Gasteiger partial charge in [0.25, 0.3) is 0 Å². The van der Waals surface area contributed by atoms with Gasteiger partial charge in [-0.15, -0.1) is 10.2 Å². The maximum atomic E-state index is 9.29. The standard InChI is InChI=1S/C38H44N8O2.C36H36N8/c47-29-27-45(28-30-48)37-21-19-35(20-22-37)41-43-38-14-6-9-26-46(38)25-8-2-1-7-23-44-24-10-13-36(31-44)42-40-34-17-15-33(16-18-34)39-32-11-4-3-5-12-32;1(4-22-41-23-11-12-33(30-41)39-37-31-14-18-34(19-15-31)42-24-7-8-25-42)2-5-28-44-29-6-3-13-36(44)40-38-32-16-20-35(21-17-32)43-26-9-10-27-43/h3-6,9-22,24,26,31,39,47-48H,1-2,7-8,23,25,27-30H2;3,6-21,23-27,29-30H,1-2,4-5,22,28H2/q2*+2. The van der Waals surface area contributed by atoms with Gasteiger partial charge >= 0.3 is 11.6 Å². The molecule has 92 heavy (non-hydrogen) atoms. The van der Waals surface area contributed by atoms with Crippen LogP contribution in [0.15, 0.2) is 315 Å². The molecular formula is C74H80N16O2+4. The van der Waals surface area contributed by atoms with Crippen LogP contribution in [0.3, 0.4) is 0 Å². The number of aliphatic hydroxyl groups is 2. The summed E-state index contributed by atoms with van der Waals surface area (Å²) in [6.07, 6.45) is 29.4. The van der Waals surface area contributed by atoms with Gasteiger partial charge < -0.3 is 29.6 Å². The Labute approximate surface area is 538 Å². The second kappa shape index (κ2) is 35.4. The number of unbranched alkanes of at least 4 members (excludes halogenated alkanes) is 6. The highest BCUT2D eigenvalue weighted by Gasteiger charge is 2.13. The number of benzene rings is 5. The second-order valence-electron chi connectivity index (χ2n) is 21.9. The number of nitrogens with one attached hydrogen (secondary N) is 1. The van der Waals surface area contributed by atoms with Crippen LogP contribution in [0.25, 0.3) is 11.4 Å². The molecule has 18 nitrogen and oxygen atoms in total. The van der Waals surface area contributed by atoms with Crippen molar-refractivity contribution in [3.05, 3.63) is 274 Å². The molecule has 0 aliphatic carbocycles. The largest absolute Gasteiger partial charge is 0.395 e. The normalized spacial score (nSPS) is 11.5. The summed E-state index contributed by atoms with van der Waals surface area (Å²) in [6, 6.07) is 69.9. The van der Waals surface area contributed by atoms with Crippen molar-refractivity contribution < 1.29 is 28.5 Å². The van der Waals surface area contributed by atoms with E-state index in [9.17, 15) is 10.2 Å². The maximum Gasteiger partial charge on any atom is 0.350 e. The number of anilines is 3. The predicted molar refractivity (Wildman–Crippen MR) is 361 cm³/mol. The molecule has 0 radical (unpaired) electrons. The summed E-state index contributed by atoms with van der Waals surface area (Å²) in [5, 5.41) is 57.7. The molecule has 0 spiro atoms. The number of para-hydroxylation sites is 1. The lowest BCUT2D eigenvalue weighted by molar-refractivity contribution is -0.697. The number of rotatable bonds is 31. The summed E-state index contributed by atoms with van der Waals surface area (Å²) in [5.74, 6) is 1.67. The van der Waals surface area contributed by atoms with Gasteiger partial charge in [-0.25, -0.2) is 18.3 Å². The van der Waals surface area contributed by atoms with Crippen LogP contribution >= 0.6 is 0 Å². The van der Waals surface area contributed by atoms with Gasteiger partial charge in [-0.1, -0.05) is 30.3 Å². The van der Waals surface area contributed by atoms with Gasteiger partial charge in [0.1, 0.15) is 35.8 Å². The molecule has 0 atom stereocenters. The molecule has 0 saturated carbocycles. The molecule has 0 saturated heterocycles. The Bertz CT molecular complexity index is 4040. The molecule has 0 aliphatic rings. The number of azo groups is 4. The van der Waals surface area contributed by atoms with E-state index in [1.165, 1.54) is 0 Å². The summed E-state index contributed by atoms with van der Waals surface area (Å²) in [4.78, 5) is 1.93. The lowest BCUT2D eigenvalue weighted by atomic mass is 10.2. The molecule has 11 rings (SSSR count). The zero-order chi connectivity index (χ0) is 63.0. The van der Waals surface area contributed by atoms with Crippen molar-refractivity contribution in [3.63, 3.8) is 0 Å². The van der Waals surface area contributed by atoms with Gasteiger partial charge in [-0.2, -0.15) is 10.2 Å². The van der Waals surface area contributed by atoms with E-state index in [0.29, 0.717) is 13.1 Å². The van der Waals surface area contributed by atoms with Crippen molar-refractivity contribution in [2.45, 2.75) is 77.5 Å². The number of hydrogen-bond acceptors (Lipinski definition) is 12. The fraction of sp³-hybridized carbons (Fsp3) is 0.216. The predicted octanol–water partition coefficient (Wildman–Crippen LogP) is 16.8. The van der Waals surface area contributed by atoms with Crippen molar-refractivity contribution in [2.24, 2.45) is 40.9 Å². The molecule has 6 heterocycles. The second-order valence-corrected chi connectivity index (χ2v) is 21.9. The Hall–Kier alpha value is -10.8. The van der Waals surface area contributed by atoms with Gasteiger partial charge in [0.15, 0.2) is 24.8 Å². The Morgan fingerprint density at radius 3 is 1.15 bits per heavy atom. The lowest BCUT2D eigenvalue weighted by Gasteiger charge is -2.22. The molecule has 0 unspecified atom stereocenters. The van der Waals surface area contributed by atoms with E-state index in [4.69, 9.17) is 0 Å². The molecule has 6 aromatic heterocycles. The van der Waals surface area contributed by atoms with E-state index < -0.39 is 0 Å². The minimum Gasteiger partial charge on any atom is -0.395 e. The lowest BCUT2D eigenvalue weighted by Crippen LogP contribution is -2.33. The van der Waals surface area contributed by atoms with Crippen LogP contribution in [0.4, 0.5) is 62.8 Å². The third-order valence-electron chi connectivity index (χ3n) is 15.1. The van der Waals surface area contributed by atoms with Gasteiger partial charge in [0.2, 0.25) is 0 Å². The van der Waals surface area contributed by atoms with E-state index in [1.54, 1.807) is 0 Å². The minimum atomic E-state index is 0.0291. The molecule has 0 amide bonds. The van der Waals surface area contributed by atoms with Gasteiger partial charge in [-0.05, 0) is 206 Å². The highest BCUT2D eigenvalue weighted by Crippen LogP contribution is 2.25. The Morgan fingerprint density at radius 1 is 0.326 bits per heavy atom. The first-order valence-corrected chi connectivity index (χ1v) is 31.6. The molecule has 18 heteroatoms. The summed E-state index contributed by atoms with van der Waals surface area (Å²) < 4.78 is 12.8. The van der Waals surface area contributed by atoms with Crippen molar-refractivity contribution in [2.75, 3.05) is 36.5 Å². The Kier molecular flexibility index (Phi) is 24.7. The van der Waals surface area contributed by atoms with Crippen LogP contribution in [0.1, 0.15) is 51.4 Å². The summed E-state index contributed by atoms with van der Waals surface area (Å²) in [6.45, 7) is 4.66. The third kappa shape index (κ3) is 20.6. The molecule has 0 fully saturated rings. The number of aliphatic hydroxyl groups excluding tert-OH is 2. The zero-order valence-electron chi connectivity index (χ0n) is 51.9. The van der Waals surface area contributed by atoms with Gasteiger partial charge in [-0.3, -0.25) is 0 Å². The summed E-state index contributed by atoms with van der Waals surface area (Å²) in [5.41, 5.74) is 10.1. The Morgan fingerprint density at radius 2 is 0.707 bits per heavy atom. The van der Waals surface area contributed by atoms with Crippen LogP contribution in [0, 0.1) is 0 Å². The SMILES string of the molecule is OCCN(CCO)c1ccc(N=Nc2cccc[n+]2CCCCCC[n+]2cccc(N=Nc3ccc(Nc4ccccc4)cc3)c2)cc1.c1cc[n+](CCCCCC[n+]2cccc(N=Nc3ccc(-n4cccc4)cc3)c2)c(N=Nc2ccc(-n3cccc3)cc2)c1. The van der Waals surface area contributed by atoms with E-state index in [1.807, 2.05) is 242 Å². The first-order chi connectivity index (χ1) is 45.5. The molecule has 5 aromatic carbocycles. The van der Waals surface area contributed by atoms with Crippen LogP contribution in [-0.2, 0) is 26.2 Å². The highest BCUT2D eigenvalue weighted by atomic mass is 16.3. The monoisotopic (exact) mass is 1220 g/mol. The molecule has 0 bridgehead atoms. The minimum absolute atomic E-state index is 0.0291. The van der Waals surface area contributed by atoms with Crippen molar-refractivity contribution in [1.82, 2.24) is 9.13 Å². The Balaban J connectivity index is 0.000000202. The number of pyridine rings is 4.